The van der Waals surface area contributed by atoms with Gasteiger partial charge in [0.2, 0.25) is 10.0 Å². The second-order valence-corrected chi connectivity index (χ2v) is 7.45. The highest BCUT2D eigenvalue weighted by molar-refractivity contribution is 7.89. The highest BCUT2D eigenvalue weighted by Crippen LogP contribution is 2.36. The third-order valence-corrected chi connectivity index (χ3v) is 5.01. The number of primary sulfonamides is 1. The van der Waals surface area contributed by atoms with Gasteiger partial charge >= 0.3 is 6.18 Å². The molecule has 0 atom stereocenters. The Morgan fingerprint density at radius 3 is 2.32 bits per heavy atom. The normalized spacial score (nSPS) is 12.0. The molecule has 0 radical (unpaired) electrons. The zero-order valence-corrected chi connectivity index (χ0v) is 15.3. The van der Waals surface area contributed by atoms with Crippen LogP contribution in [0, 0.1) is 6.92 Å². The molecule has 0 aliphatic rings. The summed E-state index contributed by atoms with van der Waals surface area (Å²) in [6, 6.07) is 10.1. The Bertz CT molecular complexity index is 1100. The SMILES string of the molecule is Cc1ccc(Nc2ccc(C(F)(F)F)cn2)c(-c2ccccn2)c1S(N)(=O)=O. The number of hydrogen-bond donors (Lipinski definition) is 2. The van der Waals surface area contributed by atoms with Gasteiger partial charge in [0.1, 0.15) is 5.82 Å². The fourth-order valence-electron chi connectivity index (χ4n) is 2.70. The molecule has 0 saturated heterocycles. The van der Waals surface area contributed by atoms with Crippen molar-refractivity contribution in [1.29, 1.82) is 0 Å². The Hall–Kier alpha value is -2.98. The number of halogens is 3. The van der Waals surface area contributed by atoms with Gasteiger partial charge in [0.15, 0.2) is 0 Å². The van der Waals surface area contributed by atoms with Crippen LogP contribution in [-0.4, -0.2) is 18.4 Å². The van der Waals surface area contributed by atoms with Crippen molar-refractivity contribution in [2.75, 3.05) is 5.32 Å². The van der Waals surface area contributed by atoms with E-state index in [4.69, 9.17) is 5.14 Å². The summed E-state index contributed by atoms with van der Waals surface area (Å²) in [7, 11) is -4.10. The van der Waals surface area contributed by atoms with Crippen LogP contribution in [0.5, 0.6) is 0 Å². The van der Waals surface area contributed by atoms with E-state index in [-0.39, 0.29) is 16.3 Å². The van der Waals surface area contributed by atoms with Crippen LogP contribution >= 0.6 is 0 Å². The Morgan fingerprint density at radius 2 is 1.79 bits per heavy atom. The lowest BCUT2D eigenvalue weighted by molar-refractivity contribution is -0.137. The number of nitrogens with two attached hydrogens (primary N) is 1. The lowest BCUT2D eigenvalue weighted by atomic mass is 10.0. The zero-order valence-electron chi connectivity index (χ0n) is 14.5. The summed E-state index contributed by atoms with van der Waals surface area (Å²) >= 11 is 0. The summed E-state index contributed by atoms with van der Waals surface area (Å²) in [6.07, 6.45) is -2.32. The van der Waals surface area contributed by atoms with Crippen molar-refractivity contribution in [3.63, 3.8) is 0 Å². The Morgan fingerprint density at radius 1 is 1.04 bits per heavy atom. The van der Waals surface area contributed by atoms with Crippen molar-refractivity contribution < 1.29 is 21.6 Å². The summed E-state index contributed by atoms with van der Waals surface area (Å²) in [4.78, 5) is 7.82. The molecule has 0 saturated carbocycles. The van der Waals surface area contributed by atoms with Crippen LogP contribution in [0.4, 0.5) is 24.7 Å². The quantitative estimate of drug-likeness (QED) is 0.683. The van der Waals surface area contributed by atoms with Crippen molar-refractivity contribution >= 4 is 21.5 Å². The van der Waals surface area contributed by atoms with Gasteiger partial charge in [-0.25, -0.2) is 18.5 Å². The third kappa shape index (κ3) is 4.12. The lowest BCUT2D eigenvalue weighted by Crippen LogP contribution is -2.16. The molecule has 10 heteroatoms. The summed E-state index contributed by atoms with van der Waals surface area (Å²) in [6.45, 7) is 1.59. The first-order chi connectivity index (χ1) is 13.1. The van der Waals surface area contributed by atoms with E-state index in [1.807, 2.05) is 0 Å². The number of pyridine rings is 2. The summed E-state index contributed by atoms with van der Waals surface area (Å²) in [5, 5.41) is 8.25. The van der Waals surface area contributed by atoms with E-state index in [1.165, 1.54) is 6.20 Å². The van der Waals surface area contributed by atoms with Gasteiger partial charge in [0, 0.05) is 18.0 Å². The first-order valence-corrected chi connectivity index (χ1v) is 9.50. The number of nitrogens with zero attached hydrogens (tertiary/aromatic N) is 2. The number of aromatic nitrogens is 2. The maximum atomic E-state index is 12.7. The fraction of sp³-hybridized carbons (Fsp3) is 0.111. The van der Waals surface area contributed by atoms with Crippen molar-refractivity contribution in [2.24, 2.45) is 5.14 Å². The Labute approximate surface area is 159 Å². The van der Waals surface area contributed by atoms with Crippen LogP contribution in [0.3, 0.4) is 0 Å². The van der Waals surface area contributed by atoms with Crippen LogP contribution in [0.2, 0.25) is 0 Å². The molecule has 1 aromatic carbocycles. The maximum Gasteiger partial charge on any atom is 0.417 e. The molecular weight excluding hydrogens is 393 g/mol. The molecule has 3 aromatic rings. The molecule has 0 aliphatic carbocycles. The van der Waals surface area contributed by atoms with E-state index < -0.39 is 21.8 Å². The van der Waals surface area contributed by atoms with Crippen molar-refractivity contribution in [2.45, 2.75) is 18.0 Å². The van der Waals surface area contributed by atoms with Crippen LogP contribution in [0.1, 0.15) is 11.1 Å². The molecule has 0 bridgehead atoms. The van der Waals surface area contributed by atoms with Gasteiger partial charge in [0.05, 0.1) is 21.8 Å². The highest BCUT2D eigenvalue weighted by Gasteiger charge is 2.30. The van der Waals surface area contributed by atoms with Crippen LogP contribution in [0.15, 0.2) is 59.8 Å². The van der Waals surface area contributed by atoms with Gasteiger partial charge in [-0.1, -0.05) is 12.1 Å². The largest absolute Gasteiger partial charge is 0.417 e. The van der Waals surface area contributed by atoms with Crippen molar-refractivity contribution in [3.05, 3.63) is 66.0 Å². The molecule has 0 spiro atoms. The van der Waals surface area contributed by atoms with Gasteiger partial charge in [-0.15, -0.1) is 0 Å². The summed E-state index contributed by atoms with van der Waals surface area (Å²) < 4.78 is 62.5. The highest BCUT2D eigenvalue weighted by atomic mass is 32.2. The van der Waals surface area contributed by atoms with Crippen molar-refractivity contribution in [3.8, 4) is 11.3 Å². The number of alkyl halides is 3. The molecule has 2 heterocycles. The topological polar surface area (TPSA) is 98.0 Å². The molecule has 0 aliphatic heterocycles. The predicted octanol–water partition coefficient (Wildman–Crippen LogP) is 3.86. The molecule has 2 aromatic heterocycles. The molecular formula is C18H15F3N4O2S. The van der Waals surface area contributed by atoms with Gasteiger partial charge in [-0.3, -0.25) is 4.98 Å². The predicted molar refractivity (Wildman–Crippen MR) is 98.3 cm³/mol. The maximum absolute atomic E-state index is 12.7. The number of aryl methyl sites for hydroxylation is 1. The lowest BCUT2D eigenvalue weighted by Gasteiger charge is -2.17. The smallest absolute Gasteiger partial charge is 0.340 e. The monoisotopic (exact) mass is 408 g/mol. The van der Waals surface area contributed by atoms with E-state index in [0.717, 1.165) is 12.1 Å². The van der Waals surface area contributed by atoms with Gasteiger partial charge in [0.25, 0.3) is 0 Å². The van der Waals surface area contributed by atoms with Gasteiger partial charge in [-0.05, 0) is 42.8 Å². The molecule has 146 valence electrons. The second kappa shape index (κ2) is 7.21. The molecule has 3 N–H and O–H groups in total. The summed E-state index contributed by atoms with van der Waals surface area (Å²) in [5.74, 6) is 0.106. The van der Waals surface area contributed by atoms with E-state index in [1.54, 1.807) is 37.3 Å². The van der Waals surface area contributed by atoms with Crippen LogP contribution in [0.25, 0.3) is 11.3 Å². The molecule has 6 nitrogen and oxygen atoms in total. The van der Waals surface area contributed by atoms with Crippen LogP contribution in [-0.2, 0) is 16.2 Å². The van der Waals surface area contributed by atoms with Gasteiger partial charge in [-0.2, -0.15) is 13.2 Å². The number of sulfonamides is 1. The van der Waals surface area contributed by atoms with E-state index in [0.29, 0.717) is 23.1 Å². The number of anilines is 2. The summed E-state index contributed by atoms with van der Waals surface area (Å²) in [5.41, 5.74) is 0.362. The minimum atomic E-state index is -4.50. The molecule has 0 amide bonds. The second-order valence-electron chi connectivity index (χ2n) is 5.95. The number of nitrogens with one attached hydrogen (secondary N) is 1. The van der Waals surface area contributed by atoms with Crippen molar-refractivity contribution in [1.82, 2.24) is 9.97 Å². The van der Waals surface area contributed by atoms with Crippen LogP contribution < -0.4 is 10.5 Å². The van der Waals surface area contributed by atoms with E-state index >= 15 is 0 Å². The number of rotatable bonds is 4. The standard InChI is InChI=1S/C18H15F3N4O2S/c1-11-5-7-14(25-15-8-6-12(10-24-15)18(19,20)21)16(17(11)28(22,26)27)13-4-2-3-9-23-13/h2-10H,1H3,(H,24,25)(H2,22,26,27). The Kier molecular flexibility index (Phi) is 5.09. The minimum Gasteiger partial charge on any atom is -0.340 e. The van der Waals surface area contributed by atoms with E-state index in [9.17, 15) is 21.6 Å². The van der Waals surface area contributed by atoms with E-state index in [2.05, 4.69) is 15.3 Å². The molecule has 28 heavy (non-hydrogen) atoms. The average molecular weight is 408 g/mol. The minimum absolute atomic E-state index is 0.106. The zero-order chi connectivity index (χ0) is 20.5. The Balaban J connectivity index is 2.14. The third-order valence-electron chi connectivity index (χ3n) is 3.91. The number of hydrogen-bond acceptors (Lipinski definition) is 5. The molecule has 3 rings (SSSR count). The molecule has 0 unspecified atom stereocenters. The molecule has 0 fully saturated rings. The first-order valence-electron chi connectivity index (χ1n) is 7.95. The van der Waals surface area contributed by atoms with Gasteiger partial charge < -0.3 is 5.32 Å². The first kappa shape index (κ1) is 19.8. The fourth-order valence-corrected chi connectivity index (χ4v) is 3.71. The average Bonchev–Trinajstić information content (AvgIpc) is 2.62. The number of benzene rings is 1.